The monoisotopic (exact) mass is 542 g/mol. The van der Waals surface area contributed by atoms with Crippen molar-refractivity contribution in [1.82, 2.24) is 31.9 Å². The van der Waals surface area contributed by atoms with Gasteiger partial charge in [0.05, 0.1) is 60.3 Å². The van der Waals surface area contributed by atoms with Gasteiger partial charge in [0.1, 0.15) is 0 Å². The average molecular weight is 543 g/mol. The summed E-state index contributed by atoms with van der Waals surface area (Å²) in [5, 5.41) is 46.9. The van der Waals surface area contributed by atoms with Crippen molar-refractivity contribution in [3.8, 4) is 0 Å². The van der Waals surface area contributed by atoms with Crippen LogP contribution >= 0.6 is 0 Å². The number of rotatable bonds is 6. The van der Waals surface area contributed by atoms with Gasteiger partial charge in [-0.2, -0.15) is 10.2 Å². The van der Waals surface area contributed by atoms with E-state index in [-0.39, 0.29) is 30.6 Å². The molecule has 0 aromatic heterocycles. The number of hydrazine groups is 4. The molecule has 0 radical (unpaired) electrons. The zero-order valence-corrected chi connectivity index (χ0v) is 21.6. The first-order chi connectivity index (χ1) is 18.8. The van der Waals surface area contributed by atoms with Gasteiger partial charge in [0, 0.05) is 11.8 Å². The van der Waals surface area contributed by atoms with Crippen molar-refractivity contribution >= 4 is 11.9 Å². The molecule has 6 aliphatic rings. The Hall–Kier alpha value is -2.42. The zero-order valence-electron chi connectivity index (χ0n) is 21.6. The minimum atomic E-state index is -1.03. The van der Waals surface area contributed by atoms with Gasteiger partial charge in [-0.1, -0.05) is 48.6 Å². The van der Waals surface area contributed by atoms with E-state index in [9.17, 15) is 30.0 Å². The normalized spacial score (nSPS) is 45.8. The maximum Gasteiger partial charge on any atom is 0.306 e. The van der Waals surface area contributed by atoms with Crippen LogP contribution in [-0.2, 0) is 9.59 Å². The number of carboxylic acids is 2. The summed E-state index contributed by atoms with van der Waals surface area (Å²) in [6.07, 6.45) is 15.6. The summed E-state index contributed by atoms with van der Waals surface area (Å²) >= 11 is 0. The van der Waals surface area contributed by atoms with E-state index < -0.39 is 59.9 Å². The van der Waals surface area contributed by atoms with Crippen LogP contribution in [0.1, 0.15) is 32.1 Å². The first-order valence-electron chi connectivity index (χ1n) is 14.0. The molecule has 8 N–H and O–H groups in total. The maximum atomic E-state index is 12.3. The molecular formula is C27H38N6O6. The number of nitrogens with one attached hydrogen (secondary N) is 4. The average Bonchev–Trinajstić information content (AvgIpc) is 3.54. The summed E-state index contributed by atoms with van der Waals surface area (Å²) in [5.41, 5.74) is 13.5. The van der Waals surface area contributed by atoms with Crippen molar-refractivity contribution < 1.29 is 30.0 Å². The summed E-state index contributed by atoms with van der Waals surface area (Å²) in [6.45, 7) is 0. The molecule has 4 fully saturated rings. The molecule has 0 amide bonds. The third kappa shape index (κ3) is 5.00. The number of fused-ring (bicyclic) bond motifs is 2. The molecule has 12 atom stereocenters. The molecule has 4 aliphatic carbocycles. The van der Waals surface area contributed by atoms with Crippen LogP contribution in [0.3, 0.4) is 0 Å². The van der Waals surface area contributed by atoms with E-state index in [2.05, 4.69) is 21.7 Å². The molecule has 39 heavy (non-hydrogen) atoms. The number of hydrogen-bond acceptors (Lipinski definition) is 10. The Morgan fingerprint density at radius 1 is 0.615 bits per heavy atom. The van der Waals surface area contributed by atoms with Gasteiger partial charge in [0.2, 0.25) is 0 Å². The minimum Gasteiger partial charge on any atom is -0.481 e. The number of aliphatic hydroxyl groups is 2. The number of nitrogens with zero attached hydrogens (tertiary/aromatic N) is 2. The lowest BCUT2D eigenvalue weighted by Crippen LogP contribution is -2.61. The first-order valence-corrected chi connectivity index (χ1v) is 14.0. The molecule has 212 valence electrons. The van der Waals surface area contributed by atoms with Crippen LogP contribution in [-0.4, -0.2) is 91.1 Å². The Morgan fingerprint density at radius 3 is 1.26 bits per heavy atom. The van der Waals surface area contributed by atoms with E-state index in [0.29, 0.717) is 25.7 Å². The Balaban J connectivity index is 1.21. The molecule has 10 unspecified atom stereocenters. The van der Waals surface area contributed by atoms with E-state index in [4.69, 9.17) is 0 Å². The van der Waals surface area contributed by atoms with Gasteiger partial charge in [-0.3, -0.25) is 9.59 Å². The molecule has 0 aromatic carbocycles. The number of carboxylic acid groups (broad SMARTS) is 2. The summed E-state index contributed by atoms with van der Waals surface area (Å²) < 4.78 is 0. The number of carbonyl (C=O) groups is 2. The summed E-state index contributed by atoms with van der Waals surface area (Å²) in [6, 6.07) is -0.677. The highest BCUT2D eigenvalue weighted by atomic mass is 16.4. The quantitative estimate of drug-likeness (QED) is 0.216. The standard InChI is InChI=1S/C27H38N6O6/c34-24-16(14(26(36)37)9-11-22(24)32-28-18-5-1-2-6-19(18)29-32)13-17-15(27(38)39)10-12-23(25(17)35)33-30-20-7-3-4-8-21(20)31-33/h1-8,14-25,28-31,34-35H,9-13H2,(H,36,37)(H,38,39)/t14?,15?,16?,17?,18-,19?,20-,21?,22?,23?,24?,25?/m0/s1. The largest absolute Gasteiger partial charge is 0.481 e. The van der Waals surface area contributed by atoms with E-state index in [1.807, 2.05) is 48.6 Å². The van der Waals surface area contributed by atoms with Gasteiger partial charge in [-0.05, 0) is 32.1 Å². The fourth-order valence-corrected chi connectivity index (χ4v) is 7.42. The molecule has 0 aromatic rings. The topological polar surface area (TPSA) is 170 Å². The zero-order chi connectivity index (χ0) is 27.3. The predicted octanol–water partition coefficient (Wildman–Crippen LogP) is -0.567. The second-order valence-electron chi connectivity index (χ2n) is 11.6. The van der Waals surface area contributed by atoms with E-state index in [1.54, 1.807) is 10.2 Å². The van der Waals surface area contributed by atoms with Crippen LogP contribution in [0.2, 0.25) is 0 Å². The Labute approximate surface area is 227 Å². The van der Waals surface area contributed by atoms with Crippen molar-refractivity contribution in [3.05, 3.63) is 48.6 Å². The summed E-state index contributed by atoms with van der Waals surface area (Å²) in [4.78, 5) is 24.6. The molecule has 6 rings (SSSR count). The minimum absolute atomic E-state index is 0.0315. The molecule has 2 saturated heterocycles. The molecule has 0 bridgehead atoms. The Kier molecular flexibility index (Phi) is 7.46. The fourth-order valence-electron chi connectivity index (χ4n) is 7.42. The van der Waals surface area contributed by atoms with Crippen LogP contribution in [0, 0.1) is 23.7 Å². The van der Waals surface area contributed by atoms with Gasteiger partial charge in [0.15, 0.2) is 0 Å². The van der Waals surface area contributed by atoms with Crippen LogP contribution in [0.5, 0.6) is 0 Å². The van der Waals surface area contributed by atoms with E-state index >= 15 is 0 Å². The number of aliphatic carboxylic acids is 2. The molecule has 0 spiro atoms. The summed E-state index contributed by atoms with van der Waals surface area (Å²) in [7, 11) is 0. The molecule has 12 nitrogen and oxygen atoms in total. The Morgan fingerprint density at radius 2 is 0.949 bits per heavy atom. The molecular weight excluding hydrogens is 504 g/mol. The Bertz CT molecular complexity index is 959. The third-order valence-electron chi connectivity index (χ3n) is 9.51. The van der Waals surface area contributed by atoms with Crippen molar-refractivity contribution in [2.24, 2.45) is 23.7 Å². The van der Waals surface area contributed by atoms with Crippen LogP contribution in [0.25, 0.3) is 0 Å². The van der Waals surface area contributed by atoms with Gasteiger partial charge >= 0.3 is 11.9 Å². The molecule has 2 heterocycles. The van der Waals surface area contributed by atoms with Crippen molar-refractivity contribution in [1.29, 1.82) is 0 Å². The summed E-state index contributed by atoms with van der Waals surface area (Å²) in [5.74, 6) is -5.09. The second kappa shape index (κ2) is 10.9. The van der Waals surface area contributed by atoms with E-state index in [1.165, 1.54) is 0 Å². The highest BCUT2D eigenvalue weighted by Crippen LogP contribution is 2.43. The second-order valence-corrected chi connectivity index (χ2v) is 11.6. The highest BCUT2D eigenvalue weighted by Gasteiger charge is 2.52. The number of allylic oxidation sites excluding steroid dienone is 4. The smallest absolute Gasteiger partial charge is 0.306 e. The van der Waals surface area contributed by atoms with Crippen molar-refractivity contribution in [2.45, 2.75) is 80.6 Å². The number of hydrogen-bond donors (Lipinski definition) is 8. The van der Waals surface area contributed by atoms with Crippen molar-refractivity contribution in [2.75, 3.05) is 0 Å². The lowest BCUT2D eigenvalue weighted by atomic mass is 9.65. The highest BCUT2D eigenvalue weighted by molar-refractivity contribution is 5.71. The van der Waals surface area contributed by atoms with E-state index in [0.717, 1.165) is 0 Å². The van der Waals surface area contributed by atoms with Crippen molar-refractivity contribution in [3.63, 3.8) is 0 Å². The van der Waals surface area contributed by atoms with Crippen LogP contribution in [0.15, 0.2) is 48.6 Å². The predicted molar refractivity (Wildman–Crippen MR) is 140 cm³/mol. The molecule has 2 saturated carbocycles. The molecule has 12 heteroatoms. The lowest BCUT2D eigenvalue weighted by Gasteiger charge is -2.47. The number of aliphatic hydroxyl groups excluding tert-OH is 2. The van der Waals surface area contributed by atoms with Gasteiger partial charge < -0.3 is 20.4 Å². The van der Waals surface area contributed by atoms with Gasteiger partial charge in [-0.15, -0.1) is 0 Å². The lowest BCUT2D eigenvalue weighted by molar-refractivity contribution is -0.160. The third-order valence-corrected chi connectivity index (χ3v) is 9.51. The maximum absolute atomic E-state index is 12.3. The van der Waals surface area contributed by atoms with Gasteiger partial charge in [-0.25, -0.2) is 21.7 Å². The van der Waals surface area contributed by atoms with Crippen LogP contribution in [0.4, 0.5) is 0 Å². The SMILES string of the molecule is O=C(O)C1CCC(N2NC3C=CC=C[C@@H]3N2)C(O)C1CC1C(C(=O)O)CCC(N2NC3C=CC=C[C@@H]3N2)C1O. The first kappa shape index (κ1) is 26.8. The van der Waals surface area contributed by atoms with Gasteiger partial charge in [0.25, 0.3) is 0 Å². The molecule has 2 aliphatic heterocycles. The fraction of sp³-hybridized carbons (Fsp3) is 0.630. The van der Waals surface area contributed by atoms with Crippen LogP contribution < -0.4 is 21.7 Å².